The highest BCUT2D eigenvalue weighted by atomic mass is 79.9. The molecule has 1 aromatic heterocycles. The van der Waals surface area contributed by atoms with E-state index in [9.17, 15) is 4.79 Å². The second kappa shape index (κ2) is 6.36. The smallest absolute Gasteiger partial charge is 0.337 e. The molecule has 3 rings (SSSR count). The zero-order valence-corrected chi connectivity index (χ0v) is 13.6. The average molecular weight is 363 g/mol. The molecule has 114 valence electrons. The van der Waals surface area contributed by atoms with Gasteiger partial charge in [0.15, 0.2) is 0 Å². The van der Waals surface area contributed by atoms with Crippen molar-refractivity contribution in [2.75, 3.05) is 19.0 Å². The van der Waals surface area contributed by atoms with Gasteiger partial charge in [0.05, 0.1) is 23.8 Å². The molecule has 0 spiro atoms. The van der Waals surface area contributed by atoms with Crippen LogP contribution in [0.5, 0.6) is 5.75 Å². The van der Waals surface area contributed by atoms with Crippen molar-refractivity contribution in [2.24, 2.45) is 0 Å². The van der Waals surface area contributed by atoms with Crippen molar-refractivity contribution in [1.82, 2.24) is 4.98 Å². The largest absolute Gasteiger partial charge is 0.492 e. The molecule has 5 nitrogen and oxygen atoms in total. The van der Waals surface area contributed by atoms with Gasteiger partial charge in [-0.15, -0.1) is 0 Å². The van der Waals surface area contributed by atoms with Gasteiger partial charge in [-0.3, -0.25) is 0 Å². The number of methoxy groups -OCH3 is 1. The van der Waals surface area contributed by atoms with E-state index in [1.165, 1.54) is 7.11 Å². The quantitative estimate of drug-likeness (QED) is 0.846. The molecule has 2 heterocycles. The van der Waals surface area contributed by atoms with E-state index in [0.29, 0.717) is 18.7 Å². The minimum Gasteiger partial charge on any atom is -0.492 e. The predicted molar refractivity (Wildman–Crippen MR) is 86.2 cm³/mol. The molecule has 1 aliphatic rings. The van der Waals surface area contributed by atoms with Gasteiger partial charge >= 0.3 is 5.97 Å². The number of anilines is 1. The first-order valence-corrected chi connectivity index (χ1v) is 7.69. The number of halogens is 1. The van der Waals surface area contributed by atoms with Crippen LogP contribution in [0.15, 0.2) is 34.9 Å². The third-order valence-corrected chi connectivity index (χ3v) is 4.06. The molecule has 0 amide bonds. The summed E-state index contributed by atoms with van der Waals surface area (Å²) in [6.45, 7) is 1.25. The lowest BCUT2D eigenvalue weighted by atomic mass is 10.1. The Morgan fingerprint density at radius 2 is 2.36 bits per heavy atom. The lowest BCUT2D eigenvalue weighted by Crippen LogP contribution is -2.06. The maximum absolute atomic E-state index is 11.6. The number of carbonyl (C=O) groups is 1. The van der Waals surface area contributed by atoms with Crippen molar-refractivity contribution in [3.05, 3.63) is 51.6 Å². The normalized spacial score (nSPS) is 12.5. The highest BCUT2D eigenvalue weighted by Crippen LogP contribution is 2.36. The molecule has 0 atom stereocenters. The molecule has 1 aliphatic heterocycles. The van der Waals surface area contributed by atoms with Crippen LogP contribution >= 0.6 is 15.9 Å². The number of carbonyl (C=O) groups excluding carboxylic acids is 1. The minimum atomic E-state index is -0.335. The number of nitrogens with zero attached hydrogens (tertiary/aromatic N) is 1. The van der Waals surface area contributed by atoms with Crippen LogP contribution in [0.25, 0.3) is 0 Å². The van der Waals surface area contributed by atoms with Crippen LogP contribution in [-0.4, -0.2) is 24.7 Å². The van der Waals surface area contributed by atoms with E-state index in [4.69, 9.17) is 9.47 Å². The van der Waals surface area contributed by atoms with Crippen LogP contribution in [0.1, 0.15) is 21.5 Å². The Balaban J connectivity index is 1.76. The number of rotatable bonds is 4. The Kier molecular flexibility index (Phi) is 4.29. The fraction of sp³-hybridized carbons (Fsp3) is 0.250. The van der Waals surface area contributed by atoms with Crippen LogP contribution < -0.4 is 10.1 Å². The Bertz CT molecular complexity index is 719. The molecule has 0 bridgehead atoms. The number of ether oxygens (including phenoxy) is 2. The summed E-state index contributed by atoms with van der Waals surface area (Å²) >= 11 is 3.44. The molecule has 1 aromatic carbocycles. The fourth-order valence-corrected chi connectivity index (χ4v) is 2.87. The fourth-order valence-electron chi connectivity index (χ4n) is 2.42. The summed E-state index contributed by atoms with van der Waals surface area (Å²) in [6.07, 6.45) is 2.57. The lowest BCUT2D eigenvalue weighted by molar-refractivity contribution is 0.0600. The first kappa shape index (κ1) is 14.8. The number of benzene rings is 1. The Labute approximate surface area is 136 Å². The van der Waals surface area contributed by atoms with Gasteiger partial charge in [0, 0.05) is 24.7 Å². The molecule has 0 fully saturated rings. The van der Waals surface area contributed by atoms with Crippen LogP contribution in [0.4, 0.5) is 5.82 Å². The molecular weight excluding hydrogens is 348 g/mol. The summed E-state index contributed by atoms with van der Waals surface area (Å²) in [5, 5.41) is 3.31. The number of nitrogens with one attached hydrogen (secondary N) is 1. The summed E-state index contributed by atoms with van der Waals surface area (Å²) in [5.74, 6) is 1.35. The molecule has 0 unspecified atom stereocenters. The number of aromatic nitrogens is 1. The molecule has 6 heteroatoms. The zero-order chi connectivity index (χ0) is 15.5. The number of hydrogen-bond donors (Lipinski definition) is 1. The SMILES string of the molecule is COC(=O)c1cccc(CNc2ncc(Br)c3c2CCO3)c1. The number of fused-ring (bicyclic) bond motifs is 1. The van der Waals surface area contributed by atoms with Crippen LogP contribution in [-0.2, 0) is 17.7 Å². The summed E-state index contributed by atoms with van der Waals surface area (Å²) < 4.78 is 11.2. The average Bonchev–Trinajstić information content (AvgIpc) is 3.04. The van der Waals surface area contributed by atoms with Gasteiger partial charge in [-0.1, -0.05) is 12.1 Å². The van der Waals surface area contributed by atoms with E-state index >= 15 is 0 Å². The van der Waals surface area contributed by atoms with Crippen LogP contribution in [0.3, 0.4) is 0 Å². The molecule has 1 N–H and O–H groups in total. The van der Waals surface area contributed by atoms with Crippen molar-refractivity contribution in [3.63, 3.8) is 0 Å². The first-order chi connectivity index (χ1) is 10.7. The van der Waals surface area contributed by atoms with Gasteiger partial charge in [-0.25, -0.2) is 9.78 Å². The van der Waals surface area contributed by atoms with Crippen molar-refractivity contribution in [3.8, 4) is 5.75 Å². The molecule has 0 saturated heterocycles. The molecule has 0 saturated carbocycles. The van der Waals surface area contributed by atoms with Gasteiger partial charge in [0.1, 0.15) is 11.6 Å². The Hall–Kier alpha value is -2.08. The monoisotopic (exact) mass is 362 g/mol. The predicted octanol–water partition coefficient (Wildman–Crippen LogP) is 3.18. The standard InChI is InChI=1S/C16H15BrN2O3/c1-21-16(20)11-4-2-3-10(7-11)8-18-15-12-5-6-22-14(12)13(17)9-19-15/h2-4,7,9H,5-6,8H2,1H3,(H,18,19). The highest BCUT2D eigenvalue weighted by molar-refractivity contribution is 9.10. The number of hydrogen-bond acceptors (Lipinski definition) is 5. The van der Waals surface area contributed by atoms with E-state index in [0.717, 1.165) is 33.6 Å². The summed E-state index contributed by atoms with van der Waals surface area (Å²) in [7, 11) is 1.38. The third-order valence-electron chi connectivity index (χ3n) is 3.49. The Morgan fingerprint density at radius 1 is 1.50 bits per heavy atom. The minimum absolute atomic E-state index is 0.335. The van der Waals surface area contributed by atoms with E-state index in [1.54, 1.807) is 12.3 Å². The highest BCUT2D eigenvalue weighted by Gasteiger charge is 2.20. The van der Waals surface area contributed by atoms with E-state index in [-0.39, 0.29) is 5.97 Å². The Morgan fingerprint density at radius 3 is 3.18 bits per heavy atom. The number of pyridine rings is 1. The number of esters is 1. The zero-order valence-electron chi connectivity index (χ0n) is 12.1. The van der Waals surface area contributed by atoms with Gasteiger partial charge in [-0.2, -0.15) is 0 Å². The lowest BCUT2D eigenvalue weighted by Gasteiger charge is -2.11. The molecule has 2 aromatic rings. The molecular formula is C16H15BrN2O3. The summed E-state index contributed by atoms with van der Waals surface area (Å²) in [4.78, 5) is 16.0. The van der Waals surface area contributed by atoms with Crippen molar-refractivity contribution in [1.29, 1.82) is 0 Å². The van der Waals surface area contributed by atoms with Gasteiger partial charge < -0.3 is 14.8 Å². The van der Waals surface area contributed by atoms with Crippen molar-refractivity contribution < 1.29 is 14.3 Å². The maximum Gasteiger partial charge on any atom is 0.337 e. The topological polar surface area (TPSA) is 60.5 Å². The van der Waals surface area contributed by atoms with Crippen molar-refractivity contribution in [2.45, 2.75) is 13.0 Å². The van der Waals surface area contributed by atoms with Crippen LogP contribution in [0, 0.1) is 0 Å². The van der Waals surface area contributed by atoms with E-state index < -0.39 is 0 Å². The third kappa shape index (κ3) is 2.92. The first-order valence-electron chi connectivity index (χ1n) is 6.90. The second-order valence-corrected chi connectivity index (χ2v) is 5.76. The van der Waals surface area contributed by atoms with Gasteiger partial charge in [-0.05, 0) is 33.6 Å². The van der Waals surface area contributed by atoms with Gasteiger partial charge in [0.25, 0.3) is 0 Å². The van der Waals surface area contributed by atoms with E-state index in [2.05, 4.69) is 26.2 Å². The second-order valence-electron chi connectivity index (χ2n) is 4.91. The van der Waals surface area contributed by atoms with E-state index in [1.807, 2.05) is 18.2 Å². The summed E-state index contributed by atoms with van der Waals surface area (Å²) in [6, 6.07) is 7.34. The van der Waals surface area contributed by atoms with Crippen molar-refractivity contribution >= 4 is 27.7 Å². The molecule has 0 aliphatic carbocycles. The van der Waals surface area contributed by atoms with Crippen LogP contribution in [0.2, 0.25) is 0 Å². The van der Waals surface area contributed by atoms with Gasteiger partial charge in [0.2, 0.25) is 0 Å². The molecule has 0 radical (unpaired) electrons. The molecule has 22 heavy (non-hydrogen) atoms. The maximum atomic E-state index is 11.6. The summed E-state index contributed by atoms with van der Waals surface area (Å²) in [5.41, 5.74) is 2.61.